The smallest absolute Gasteiger partial charge is 0.314 e. The topological polar surface area (TPSA) is 75.3 Å². The number of aromatic nitrogens is 2. The maximum Gasteiger partial charge on any atom is 0.314 e. The van der Waals surface area contributed by atoms with Crippen LogP contribution in [0.5, 0.6) is 0 Å². The van der Waals surface area contributed by atoms with E-state index in [1.165, 1.54) is 12.1 Å². The standard InChI is InChI=1S/C25H28FN3O3/c1-2-32-24(31)25(16-18-8-10-19(26)11-9-18)14-5-15-29(17-25)23(30)13-12-22-27-20-6-3-4-7-21(20)28-22/h3-4,6-11H,2,5,12-17H2,1H3,(H,27,28)/t25-/m0/s1. The third kappa shape index (κ3) is 4.82. The van der Waals surface area contributed by atoms with E-state index in [-0.39, 0.29) is 24.3 Å². The molecule has 7 heteroatoms. The molecule has 4 rings (SSSR count). The minimum absolute atomic E-state index is 0.00191. The normalized spacial score (nSPS) is 18.6. The summed E-state index contributed by atoms with van der Waals surface area (Å²) in [6, 6.07) is 13.9. The molecule has 6 nitrogen and oxygen atoms in total. The number of hydrogen-bond donors (Lipinski definition) is 1. The number of nitrogens with one attached hydrogen (secondary N) is 1. The average molecular weight is 438 g/mol. The van der Waals surface area contributed by atoms with E-state index < -0.39 is 5.41 Å². The van der Waals surface area contributed by atoms with E-state index in [9.17, 15) is 14.0 Å². The quantitative estimate of drug-likeness (QED) is 0.566. The van der Waals surface area contributed by atoms with Gasteiger partial charge in [-0.2, -0.15) is 0 Å². The number of rotatable bonds is 7. The molecule has 1 aliphatic heterocycles. The number of aryl methyl sites for hydroxylation is 1. The molecule has 1 aliphatic rings. The Hall–Kier alpha value is -3.22. The Labute approximate surface area is 186 Å². The highest BCUT2D eigenvalue weighted by Crippen LogP contribution is 2.36. The fourth-order valence-electron chi connectivity index (χ4n) is 4.51. The molecule has 1 N–H and O–H groups in total. The lowest BCUT2D eigenvalue weighted by Crippen LogP contribution is -2.51. The van der Waals surface area contributed by atoms with E-state index in [2.05, 4.69) is 9.97 Å². The molecule has 2 heterocycles. The number of carbonyl (C=O) groups excluding carboxylic acids is 2. The zero-order valence-electron chi connectivity index (χ0n) is 18.3. The van der Waals surface area contributed by atoms with Crippen molar-refractivity contribution in [1.82, 2.24) is 14.9 Å². The summed E-state index contributed by atoms with van der Waals surface area (Å²) in [5, 5.41) is 0. The Morgan fingerprint density at radius 2 is 1.97 bits per heavy atom. The van der Waals surface area contributed by atoms with Gasteiger partial charge in [0.25, 0.3) is 0 Å². The van der Waals surface area contributed by atoms with E-state index in [0.29, 0.717) is 38.8 Å². The number of carbonyl (C=O) groups is 2. The Morgan fingerprint density at radius 3 is 2.72 bits per heavy atom. The highest BCUT2D eigenvalue weighted by atomic mass is 19.1. The number of fused-ring (bicyclic) bond motifs is 1. The summed E-state index contributed by atoms with van der Waals surface area (Å²) >= 11 is 0. The molecule has 0 spiro atoms. The van der Waals surface area contributed by atoms with E-state index in [4.69, 9.17) is 4.74 Å². The third-order valence-corrected chi connectivity index (χ3v) is 6.11. The molecule has 1 aromatic heterocycles. The van der Waals surface area contributed by atoms with Gasteiger partial charge in [-0.3, -0.25) is 9.59 Å². The van der Waals surface area contributed by atoms with Crippen molar-refractivity contribution >= 4 is 22.9 Å². The van der Waals surface area contributed by atoms with Gasteiger partial charge in [-0.15, -0.1) is 0 Å². The summed E-state index contributed by atoms with van der Waals surface area (Å²) in [6.07, 6.45) is 2.59. The molecule has 2 aromatic carbocycles. The molecular formula is C25H28FN3O3. The zero-order valence-corrected chi connectivity index (χ0v) is 18.3. The number of amides is 1. The number of esters is 1. The lowest BCUT2D eigenvalue weighted by Gasteiger charge is -2.41. The number of aromatic amines is 1. The molecule has 32 heavy (non-hydrogen) atoms. The molecule has 0 aliphatic carbocycles. The van der Waals surface area contributed by atoms with Crippen LogP contribution in [0.2, 0.25) is 0 Å². The monoisotopic (exact) mass is 437 g/mol. The summed E-state index contributed by atoms with van der Waals surface area (Å²) in [5.41, 5.74) is 1.87. The molecule has 3 aromatic rings. The van der Waals surface area contributed by atoms with Crippen molar-refractivity contribution in [1.29, 1.82) is 0 Å². The fourth-order valence-corrected chi connectivity index (χ4v) is 4.51. The summed E-state index contributed by atoms with van der Waals surface area (Å²) in [7, 11) is 0. The molecule has 1 saturated heterocycles. The van der Waals surface area contributed by atoms with Crippen LogP contribution in [0, 0.1) is 11.2 Å². The Kier molecular flexibility index (Phi) is 6.53. The molecule has 1 amide bonds. The number of hydrogen-bond acceptors (Lipinski definition) is 4. The molecular weight excluding hydrogens is 409 g/mol. The highest BCUT2D eigenvalue weighted by Gasteiger charge is 2.44. The van der Waals surface area contributed by atoms with Gasteiger partial charge in [-0.05, 0) is 56.0 Å². The van der Waals surface area contributed by atoms with Crippen LogP contribution in [0.4, 0.5) is 4.39 Å². The predicted octanol–water partition coefficient (Wildman–Crippen LogP) is 4.05. The third-order valence-electron chi connectivity index (χ3n) is 6.11. The number of H-pyrrole nitrogens is 1. The van der Waals surface area contributed by atoms with Gasteiger partial charge >= 0.3 is 5.97 Å². The van der Waals surface area contributed by atoms with Gasteiger partial charge in [-0.25, -0.2) is 9.37 Å². The van der Waals surface area contributed by atoms with Crippen molar-refractivity contribution in [3.8, 4) is 0 Å². The van der Waals surface area contributed by atoms with Crippen molar-refractivity contribution in [2.24, 2.45) is 5.41 Å². The molecule has 0 bridgehead atoms. The molecule has 0 radical (unpaired) electrons. The van der Waals surface area contributed by atoms with Gasteiger partial charge in [0.05, 0.1) is 23.1 Å². The SMILES string of the molecule is CCOC(=O)[C@]1(Cc2ccc(F)cc2)CCCN(C(=O)CCc2nc3ccccc3[nH]2)C1. The first kappa shape index (κ1) is 22.0. The van der Waals surface area contributed by atoms with E-state index >= 15 is 0 Å². The largest absolute Gasteiger partial charge is 0.466 e. The van der Waals surface area contributed by atoms with E-state index in [1.807, 2.05) is 24.3 Å². The van der Waals surface area contributed by atoms with Gasteiger partial charge < -0.3 is 14.6 Å². The fraction of sp³-hybridized carbons (Fsp3) is 0.400. The number of benzene rings is 2. The summed E-state index contributed by atoms with van der Waals surface area (Å²) in [5.74, 6) is 0.168. The van der Waals surface area contributed by atoms with Crippen molar-refractivity contribution in [2.75, 3.05) is 19.7 Å². The first-order chi connectivity index (χ1) is 15.5. The number of piperidine rings is 1. The number of imidazole rings is 1. The number of likely N-dealkylation sites (tertiary alicyclic amines) is 1. The lowest BCUT2D eigenvalue weighted by molar-refractivity contribution is -0.160. The number of nitrogens with zero attached hydrogens (tertiary/aromatic N) is 2. The van der Waals surface area contributed by atoms with E-state index in [1.54, 1.807) is 24.0 Å². The number of para-hydroxylation sites is 2. The average Bonchev–Trinajstić information content (AvgIpc) is 3.22. The van der Waals surface area contributed by atoms with Gasteiger partial charge in [0.2, 0.25) is 5.91 Å². The van der Waals surface area contributed by atoms with Crippen LogP contribution < -0.4 is 0 Å². The van der Waals surface area contributed by atoms with Crippen LogP contribution in [0.15, 0.2) is 48.5 Å². The summed E-state index contributed by atoms with van der Waals surface area (Å²) in [4.78, 5) is 35.6. The minimum atomic E-state index is -0.818. The van der Waals surface area contributed by atoms with Crippen LogP contribution in [-0.4, -0.2) is 46.4 Å². The molecule has 1 fully saturated rings. The minimum Gasteiger partial charge on any atom is -0.466 e. The second-order valence-electron chi connectivity index (χ2n) is 8.42. The zero-order chi connectivity index (χ0) is 22.6. The summed E-state index contributed by atoms with van der Waals surface area (Å²) < 4.78 is 18.8. The molecule has 0 saturated carbocycles. The first-order valence-electron chi connectivity index (χ1n) is 11.1. The van der Waals surface area contributed by atoms with Crippen molar-refractivity contribution in [3.63, 3.8) is 0 Å². The predicted molar refractivity (Wildman–Crippen MR) is 119 cm³/mol. The second kappa shape index (κ2) is 9.51. The van der Waals surface area contributed by atoms with Crippen molar-refractivity contribution in [2.45, 2.75) is 39.0 Å². The van der Waals surface area contributed by atoms with Crippen molar-refractivity contribution < 1.29 is 18.7 Å². The lowest BCUT2D eigenvalue weighted by atomic mass is 9.75. The molecule has 168 valence electrons. The number of ether oxygens (including phenoxy) is 1. The molecule has 1 atom stereocenters. The van der Waals surface area contributed by atoms with Crippen LogP contribution in [-0.2, 0) is 27.2 Å². The van der Waals surface area contributed by atoms with E-state index in [0.717, 1.165) is 28.8 Å². The number of halogens is 1. The van der Waals surface area contributed by atoms with Gasteiger partial charge in [0.15, 0.2) is 0 Å². The van der Waals surface area contributed by atoms with Gasteiger partial charge in [0.1, 0.15) is 11.6 Å². The van der Waals surface area contributed by atoms with Crippen LogP contribution in [0.3, 0.4) is 0 Å². The second-order valence-corrected chi connectivity index (χ2v) is 8.42. The van der Waals surface area contributed by atoms with Crippen LogP contribution in [0.25, 0.3) is 11.0 Å². The first-order valence-corrected chi connectivity index (χ1v) is 11.1. The molecule has 0 unspecified atom stereocenters. The maximum absolute atomic E-state index is 13.3. The van der Waals surface area contributed by atoms with Crippen LogP contribution >= 0.6 is 0 Å². The van der Waals surface area contributed by atoms with Crippen LogP contribution in [0.1, 0.15) is 37.6 Å². The highest BCUT2D eigenvalue weighted by molar-refractivity contribution is 5.81. The summed E-state index contributed by atoms with van der Waals surface area (Å²) in [6.45, 7) is 2.98. The van der Waals surface area contributed by atoms with Gasteiger partial charge in [-0.1, -0.05) is 24.3 Å². The van der Waals surface area contributed by atoms with Gasteiger partial charge in [0, 0.05) is 25.9 Å². The Bertz CT molecular complexity index is 1060. The maximum atomic E-state index is 13.3. The Morgan fingerprint density at radius 1 is 1.19 bits per heavy atom. The Balaban J connectivity index is 1.46. The van der Waals surface area contributed by atoms with Crippen molar-refractivity contribution in [3.05, 3.63) is 65.7 Å².